The molecule has 1 amide bonds. The van der Waals surface area contributed by atoms with Gasteiger partial charge >= 0.3 is 0 Å². The van der Waals surface area contributed by atoms with Crippen molar-refractivity contribution in [2.45, 2.75) is 13.1 Å². The molecule has 0 aliphatic carbocycles. The molecule has 1 aromatic carbocycles. The summed E-state index contributed by atoms with van der Waals surface area (Å²) in [6.07, 6.45) is 0. The lowest BCUT2D eigenvalue weighted by molar-refractivity contribution is -0.119. The summed E-state index contributed by atoms with van der Waals surface area (Å²) in [5, 5.41) is 2.01. The Morgan fingerprint density at radius 1 is 1.25 bits per heavy atom. The fraction of sp³-hybridized carbons (Fsp3) is 0.214. The zero-order valence-corrected chi connectivity index (χ0v) is 13.3. The Balaban J connectivity index is 2.14. The van der Waals surface area contributed by atoms with Crippen LogP contribution >= 0.6 is 27.3 Å². The van der Waals surface area contributed by atoms with Crippen molar-refractivity contribution in [2.24, 2.45) is 5.73 Å². The fourth-order valence-corrected chi connectivity index (χ4v) is 3.47. The molecule has 0 saturated carbocycles. The molecule has 1 heterocycles. The van der Waals surface area contributed by atoms with E-state index in [2.05, 4.69) is 15.9 Å². The monoisotopic (exact) mass is 353 g/mol. The second-order valence-corrected chi connectivity index (χ2v) is 6.36. The minimum atomic E-state index is -0.341. The summed E-state index contributed by atoms with van der Waals surface area (Å²) in [6.45, 7) is 1.47. The number of anilines is 1. The normalized spacial score (nSPS) is 10.9. The lowest BCUT2D eigenvalue weighted by Gasteiger charge is -2.21. The van der Waals surface area contributed by atoms with Crippen LogP contribution in [0.25, 0.3) is 0 Å². The predicted octanol–water partition coefficient (Wildman–Crippen LogP) is 2.58. The molecule has 0 fully saturated rings. The van der Waals surface area contributed by atoms with Gasteiger partial charge in [-0.25, -0.2) is 0 Å². The summed E-state index contributed by atoms with van der Waals surface area (Å²) < 4.78 is 1.05. The van der Waals surface area contributed by atoms with E-state index in [9.17, 15) is 4.79 Å². The molecular weight excluding hydrogens is 338 g/mol. The predicted molar refractivity (Wildman–Crippen MR) is 86.2 cm³/mol. The van der Waals surface area contributed by atoms with Crippen molar-refractivity contribution in [3.63, 3.8) is 0 Å². The lowest BCUT2D eigenvalue weighted by Crippen LogP contribution is -2.33. The minimum Gasteiger partial charge on any atom is -0.398 e. The number of halogens is 1. The SMILES string of the molecule is NC(=O)CN(Cc1ccccc1N)Cc1sccc1Br. The number of benzene rings is 1. The van der Waals surface area contributed by atoms with Crippen molar-refractivity contribution >= 4 is 38.9 Å². The molecule has 4 N–H and O–H groups in total. The first-order chi connectivity index (χ1) is 9.56. The van der Waals surface area contributed by atoms with E-state index in [0.29, 0.717) is 13.1 Å². The summed E-state index contributed by atoms with van der Waals surface area (Å²) in [7, 11) is 0. The van der Waals surface area contributed by atoms with E-state index >= 15 is 0 Å². The molecule has 0 saturated heterocycles. The number of nitrogens with zero attached hydrogens (tertiary/aromatic N) is 1. The summed E-state index contributed by atoms with van der Waals surface area (Å²) in [6, 6.07) is 9.66. The van der Waals surface area contributed by atoms with E-state index in [1.165, 1.54) is 4.88 Å². The molecule has 0 bridgehead atoms. The number of rotatable bonds is 6. The molecule has 106 valence electrons. The first-order valence-electron chi connectivity index (χ1n) is 6.12. The Hall–Kier alpha value is -1.37. The summed E-state index contributed by atoms with van der Waals surface area (Å²) >= 11 is 5.15. The Kier molecular flexibility index (Phi) is 5.17. The maximum Gasteiger partial charge on any atom is 0.231 e. The van der Waals surface area contributed by atoms with E-state index in [0.717, 1.165) is 15.7 Å². The molecule has 1 aromatic heterocycles. The van der Waals surface area contributed by atoms with Crippen LogP contribution in [-0.2, 0) is 17.9 Å². The van der Waals surface area contributed by atoms with Gasteiger partial charge in [-0.05, 0) is 39.0 Å². The van der Waals surface area contributed by atoms with Crippen LogP contribution in [-0.4, -0.2) is 17.4 Å². The van der Waals surface area contributed by atoms with Gasteiger partial charge in [0, 0.05) is 28.1 Å². The van der Waals surface area contributed by atoms with Crippen molar-refractivity contribution in [3.8, 4) is 0 Å². The maximum absolute atomic E-state index is 11.2. The Bertz CT molecular complexity index is 600. The van der Waals surface area contributed by atoms with Crippen molar-refractivity contribution in [1.82, 2.24) is 4.90 Å². The Labute approximate surface area is 130 Å². The van der Waals surface area contributed by atoms with Gasteiger partial charge in [0.15, 0.2) is 0 Å². The molecule has 0 spiro atoms. The first kappa shape index (κ1) is 15.0. The number of hydrogen-bond donors (Lipinski definition) is 2. The molecule has 4 nitrogen and oxygen atoms in total. The van der Waals surface area contributed by atoms with Crippen LogP contribution in [0.2, 0.25) is 0 Å². The smallest absolute Gasteiger partial charge is 0.231 e. The molecule has 20 heavy (non-hydrogen) atoms. The van der Waals surface area contributed by atoms with Gasteiger partial charge < -0.3 is 11.5 Å². The van der Waals surface area contributed by atoms with Crippen LogP contribution in [0.3, 0.4) is 0 Å². The summed E-state index contributed by atoms with van der Waals surface area (Å²) in [5.41, 5.74) is 13.0. The maximum atomic E-state index is 11.2. The number of nitrogen functional groups attached to an aromatic ring is 1. The van der Waals surface area contributed by atoms with E-state index in [1.807, 2.05) is 40.6 Å². The third kappa shape index (κ3) is 4.06. The van der Waals surface area contributed by atoms with Crippen LogP contribution in [0.5, 0.6) is 0 Å². The average Bonchev–Trinajstić information content (AvgIpc) is 2.77. The van der Waals surface area contributed by atoms with Crippen LogP contribution in [0, 0.1) is 0 Å². The van der Waals surface area contributed by atoms with E-state index in [4.69, 9.17) is 11.5 Å². The number of carbonyl (C=O) groups is 1. The van der Waals surface area contributed by atoms with Crippen LogP contribution in [0.4, 0.5) is 5.69 Å². The highest BCUT2D eigenvalue weighted by Gasteiger charge is 2.13. The highest BCUT2D eigenvalue weighted by Crippen LogP contribution is 2.25. The van der Waals surface area contributed by atoms with Gasteiger partial charge in [-0.2, -0.15) is 0 Å². The summed E-state index contributed by atoms with van der Waals surface area (Å²) in [5.74, 6) is -0.341. The minimum absolute atomic E-state index is 0.207. The second-order valence-electron chi connectivity index (χ2n) is 4.50. The molecule has 0 radical (unpaired) electrons. The second kappa shape index (κ2) is 6.88. The van der Waals surface area contributed by atoms with Gasteiger partial charge in [0.2, 0.25) is 5.91 Å². The number of amides is 1. The highest BCUT2D eigenvalue weighted by molar-refractivity contribution is 9.10. The quantitative estimate of drug-likeness (QED) is 0.784. The Morgan fingerprint density at radius 2 is 2.00 bits per heavy atom. The summed E-state index contributed by atoms with van der Waals surface area (Å²) in [4.78, 5) is 14.4. The standard InChI is InChI=1S/C14H16BrN3OS/c15-11-5-6-20-13(11)8-18(9-14(17)19)7-10-3-1-2-4-12(10)16/h1-6H,7-9,16H2,(H2,17,19). The van der Waals surface area contributed by atoms with Gasteiger partial charge in [0.25, 0.3) is 0 Å². The van der Waals surface area contributed by atoms with Gasteiger partial charge in [-0.15, -0.1) is 11.3 Å². The van der Waals surface area contributed by atoms with E-state index in [1.54, 1.807) is 11.3 Å². The van der Waals surface area contributed by atoms with Crippen LogP contribution in [0.1, 0.15) is 10.4 Å². The molecule has 0 atom stereocenters. The van der Waals surface area contributed by atoms with E-state index < -0.39 is 0 Å². The average molecular weight is 354 g/mol. The number of hydrogen-bond acceptors (Lipinski definition) is 4. The first-order valence-corrected chi connectivity index (χ1v) is 7.79. The van der Waals surface area contributed by atoms with Crippen LogP contribution in [0.15, 0.2) is 40.2 Å². The zero-order valence-electron chi connectivity index (χ0n) is 10.9. The lowest BCUT2D eigenvalue weighted by atomic mass is 10.1. The topological polar surface area (TPSA) is 72.4 Å². The third-order valence-electron chi connectivity index (χ3n) is 2.89. The number of nitrogens with two attached hydrogens (primary N) is 2. The van der Waals surface area contributed by atoms with Gasteiger partial charge in [-0.1, -0.05) is 18.2 Å². The molecule has 2 rings (SSSR count). The van der Waals surface area contributed by atoms with Gasteiger partial charge in [0.1, 0.15) is 0 Å². The number of primary amides is 1. The van der Waals surface area contributed by atoms with E-state index in [-0.39, 0.29) is 12.5 Å². The number of thiophene rings is 1. The molecule has 6 heteroatoms. The van der Waals surface area contributed by atoms with Gasteiger partial charge in [-0.3, -0.25) is 9.69 Å². The largest absolute Gasteiger partial charge is 0.398 e. The molecule has 2 aromatic rings. The molecule has 0 aliphatic rings. The van der Waals surface area contributed by atoms with Gasteiger partial charge in [0.05, 0.1) is 6.54 Å². The molecule has 0 unspecified atom stereocenters. The van der Waals surface area contributed by atoms with Crippen molar-refractivity contribution in [3.05, 3.63) is 50.6 Å². The third-order valence-corrected chi connectivity index (χ3v) is 4.80. The highest BCUT2D eigenvalue weighted by atomic mass is 79.9. The Morgan fingerprint density at radius 3 is 2.60 bits per heavy atom. The molecule has 0 aliphatic heterocycles. The van der Waals surface area contributed by atoms with Crippen molar-refractivity contribution in [1.29, 1.82) is 0 Å². The van der Waals surface area contributed by atoms with Crippen molar-refractivity contribution < 1.29 is 4.79 Å². The van der Waals surface area contributed by atoms with Crippen molar-refractivity contribution in [2.75, 3.05) is 12.3 Å². The number of carbonyl (C=O) groups excluding carboxylic acids is 1. The molecular formula is C14H16BrN3OS. The zero-order chi connectivity index (χ0) is 14.5. The van der Waals surface area contributed by atoms with Crippen LogP contribution < -0.4 is 11.5 Å². The fourth-order valence-electron chi connectivity index (χ4n) is 1.95. The number of para-hydroxylation sites is 1.